The number of non-ortho nitro benzene ring substituents is 1. The fourth-order valence-corrected chi connectivity index (χ4v) is 3.47. The molecule has 0 spiro atoms. The molecule has 1 aliphatic carbocycles. The van der Waals surface area contributed by atoms with Crippen LogP contribution in [-0.4, -0.2) is 35.1 Å². The quantitative estimate of drug-likeness (QED) is 0.630. The topological polar surface area (TPSA) is 55.6 Å². The van der Waals surface area contributed by atoms with Crippen molar-refractivity contribution in [1.29, 1.82) is 0 Å². The average molecular weight is 290 g/mol. The van der Waals surface area contributed by atoms with Crippen LogP contribution in [0.4, 0.5) is 5.69 Å². The van der Waals surface area contributed by atoms with Gasteiger partial charge in [-0.1, -0.05) is 12.8 Å². The van der Waals surface area contributed by atoms with Crippen molar-refractivity contribution in [3.8, 4) is 5.75 Å². The van der Waals surface area contributed by atoms with Crippen molar-refractivity contribution in [2.45, 2.75) is 50.7 Å². The Balaban J connectivity index is 1.49. The normalized spacial score (nSPS) is 21.5. The van der Waals surface area contributed by atoms with Crippen LogP contribution in [0.3, 0.4) is 0 Å². The van der Waals surface area contributed by atoms with E-state index < -0.39 is 0 Å². The molecule has 5 heteroatoms. The summed E-state index contributed by atoms with van der Waals surface area (Å²) in [6.07, 6.45) is 7.81. The first kappa shape index (κ1) is 14.3. The van der Waals surface area contributed by atoms with E-state index in [1.807, 2.05) is 0 Å². The minimum atomic E-state index is -0.385. The van der Waals surface area contributed by atoms with Crippen molar-refractivity contribution in [2.24, 2.45) is 0 Å². The summed E-state index contributed by atoms with van der Waals surface area (Å²) in [5.74, 6) is 0.736. The van der Waals surface area contributed by atoms with Gasteiger partial charge in [-0.2, -0.15) is 0 Å². The molecule has 0 amide bonds. The van der Waals surface area contributed by atoms with Crippen LogP contribution in [0, 0.1) is 10.1 Å². The Morgan fingerprint density at radius 2 is 1.67 bits per heavy atom. The van der Waals surface area contributed by atoms with E-state index in [1.54, 1.807) is 12.1 Å². The molecular weight excluding hydrogens is 268 g/mol. The first-order valence-corrected chi connectivity index (χ1v) is 7.87. The minimum Gasteiger partial charge on any atom is -0.490 e. The van der Waals surface area contributed by atoms with Gasteiger partial charge in [-0.05, 0) is 37.8 Å². The molecule has 1 aromatic rings. The second-order valence-electron chi connectivity index (χ2n) is 6.04. The predicted octanol–water partition coefficient (Wildman–Crippen LogP) is 3.38. The highest BCUT2D eigenvalue weighted by Crippen LogP contribution is 2.27. The summed E-state index contributed by atoms with van der Waals surface area (Å²) < 4.78 is 5.95. The molecule has 1 aliphatic heterocycles. The van der Waals surface area contributed by atoms with Gasteiger partial charge in [-0.3, -0.25) is 10.1 Å². The molecule has 0 unspecified atom stereocenters. The second kappa shape index (κ2) is 6.43. The summed E-state index contributed by atoms with van der Waals surface area (Å²) in [6, 6.07) is 7.19. The lowest BCUT2D eigenvalue weighted by Crippen LogP contribution is -2.43. The summed E-state index contributed by atoms with van der Waals surface area (Å²) in [7, 11) is 0. The molecule has 1 saturated carbocycles. The van der Waals surface area contributed by atoms with E-state index in [0.29, 0.717) is 0 Å². The van der Waals surface area contributed by atoms with Crippen LogP contribution in [0.5, 0.6) is 5.75 Å². The van der Waals surface area contributed by atoms with Crippen LogP contribution in [-0.2, 0) is 0 Å². The number of nitro groups is 1. The van der Waals surface area contributed by atoms with Crippen LogP contribution >= 0.6 is 0 Å². The van der Waals surface area contributed by atoms with Gasteiger partial charge >= 0.3 is 0 Å². The van der Waals surface area contributed by atoms with Crippen LogP contribution in [0.2, 0.25) is 0 Å². The number of piperidine rings is 1. The third-order valence-electron chi connectivity index (χ3n) is 4.67. The summed E-state index contributed by atoms with van der Waals surface area (Å²) in [6.45, 7) is 2.23. The van der Waals surface area contributed by atoms with Gasteiger partial charge in [0.05, 0.1) is 4.92 Å². The third-order valence-corrected chi connectivity index (χ3v) is 4.67. The minimum absolute atomic E-state index is 0.110. The maximum atomic E-state index is 10.6. The highest BCUT2D eigenvalue weighted by molar-refractivity contribution is 5.36. The summed E-state index contributed by atoms with van der Waals surface area (Å²) >= 11 is 0. The van der Waals surface area contributed by atoms with E-state index in [9.17, 15) is 10.1 Å². The average Bonchev–Trinajstić information content (AvgIpc) is 3.03. The van der Waals surface area contributed by atoms with Gasteiger partial charge in [0, 0.05) is 31.3 Å². The van der Waals surface area contributed by atoms with E-state index in [-0.39, 0.29) is 16.7 Å². The van der Waals surface area contributed by atoms with Crippen molar-refractivity contribution in [1.82, 2.24) is 4.90 Å². The molecule has 2 fully saturated rings. The number of nitrogens with zero attached hydrogens (tertiary/aromatic N) is 2. The first-order chi connectivity index (χ1) is 10.2. The molecule has 5 nitrogen and oxygen atoms in total. The van der Waals surface area contributed by atoms with Crippen molar-refractivity contribution in [3.05, 3.63) is 34.4 Å². The Hall–Kier alpha value is -1.62. The first-order valence-electron chi connectivity index (χ1n) is 7.87. The standard InChI is InChI=1S/C16H22N2O3/c19-18(20)14-5-7-15(8-6-14)21-16-9-11-17(12-10-16)13-3-1-2-4-13/h5-8,13,16H,1-4,9-12H2. The van der Waals surface area contributed by atoms with Gasteiger partial charge in [-0.15, -0.1) is 0 Å². The van der Waals surface area contributed by atoms with Crippen LogP contribution in [0.25, 0.3) is 0 Å². The fraction of sp³-hybridized carbons (Fsp3) is 0.625. The van der Waals surface area contributed by atoms with Crippen molar-refractivity contribution < 1.29 is 9.66 Å². The Morgan fingerprint density at radius 3 is 2.24 bits per heavy atom. The maximum absolute atomic E-state index is 10.6. The van der Waals surface area contributed by atoms with E-state index >= 15 is 0 Å². The van der Waals surface area contributed by atoms with Crippen LogP contribution < -0.4 is 4.74 Å². The molecule has 1 saturated heterocycles. The third kappa shape index (κ3) is 3.53. The largest absolute Gasteiger partial charge is 0.490 e. The monoisotopic (exact) mass is 290 g/mol. The molecule has 0 radical (unpaired) electrons. The Labute approximate surface area is 125 Å². The summed E-state index contributed by atoms with van der Waals surface area (Å²) in [5.41, 5.74) is 0.110. The predicted molar refractivity (Wildman–Crippen MR) is 80.6 cm³/mol. The lowest BCUT2D eigenvalue weighted by Gasteiger charge is -2.36. The van der Waals surface area contributed by atoms with Crippen molar-refractivity contribution in [3.63, 3.8) is 0 Å². The van der Waals surface area contributed by atoms with E-state index in [0.717, 1.165) is 37.7 Å². The van der Waals surface area contributed by atoms with Gasteiger partial charge in [0.15, 0.2) is 0 Å². The molecule has 3 rings (SSSR count). The molecule has 0 bridgehead atoms. The fourth-order valence-electron chi connectivity index (χ4n) is 3.47. The van der Waals surface area contributed by atoms with Gasteiger partial charge in [-0.25, -0.2) is 0 Å². The van der Waals surface area contributed by atoms with Gasteiger partial charge in [0.2, 0.25) is 0 Å². The highest BCUT2D eigenvalue weighted by atomic mass is 16.6. The molecule has 0 N–H and O–H groups in total. The number of nitro benzene ring substituents is 1. The Morgan fingerprint density at radius 1 is 1.05 bits per heavy atom. The van der Waals surface area contributed by atoms with Gasteiger partial charge < -0.3 is 9.64 Å². The van der Waals surface area contributed by atoms with E-state index in [1.165, 1.54) is 37.8 Å². The zero-order valence-electron chi connectivity index (χ0n) is 12.2. The smallest absolute Gasteiger partial charge is 0.269 e. The molecule has 21 heavy (non-hydrogen) atoms. The number of benzene rings is 1. The maximum Gasteiger partial charge on any atom is 0.269 e. The van der Waals surface area contributed by atoms with Crippen LogP contribution in [0.1, 0.15) is 38.5 Å². The zero-order valence-corrected chi connectivity index (χ0v) is 12.2. The number of rotatable bonds is 4. The van der Waals surface area contributed by atoms with E-state index in [2.05, 4.69) is 4.90 Å². The van der Waals surface area contributed by atoms with Crippen molar-refractivity contribution >= 4 is 5.69 Å². The van der Waals surface area contributed by atoms with Crippen LogP contribution in [0.15, 0.2) is 24.3 Å². The SMILES string of the molecule is O=[N+]([O-])c1ccc(OC2CCN(C3CCCC3)CC2)cc1. The lowest BCUT2D eigenvalue weighted by molar-refractivity contribution is -0.384. The Bertz CT molecular complexity index is 475. The zero-order chi connectivity index (χ0) is 14.7. The molecule has 114 valence electrons. The number of likely N-dealkylation sites (tertiary alicyclic amines) is 1. The molecule has 0 aromatic heterocycles. The summed E-state index contributed by atoms with van der Waals surface area (Å²) in [5, 5.41) is 10.6. The second-order valence-corrected chi connectivity index (χ2v) is 6.04. The van der Waals surface area contributed by atoms with Crippen molar-refractivity contribution in [2.75, 3.05) is 13.1 Å². The number of hydrogen-bond acceptors (Lipinski definition) is 4. The van der Waals surface area contributed by atoms with E-state index in [4.69, 9.17) is 4.74 Å². The van der Waals surface area contributed by atoms with Gasteiger partial charge in [0.25, 0.3) is 5.69 Å². The molecule has 2 aliphatic rings. The summed E-state index contributed by atoms with van der Waals surface area (Å²) in [4.78, 5) is 12.9. The molecule has 1 aromatic carbocycles. The number of hydrogen-bond donors (Lipinski definition) is 0. The molecular formula is C16H22N2O3. The highest BCUT2D eigenvalue weighted by Gasteiger charge is 2.27. The number of ether oxygens (including phenoxy) is 1. The molecule has 1 heterocycles. The Kier molecular flexibility index (Phi) is 4.39. The lowest BCUT2D eigenvalue weighted by atomic mass is 10.0. The molecule has 0 atom stereocenters. The van der Waals surface area contributed by atoms with Gasteiger partial charge in [0.1, 0.15) is 11.9 Å².